The molecule has 0 saturated heterocycles. The lowest BCUT2D eigenvalue weighted by atomic mass is 9.78. The van der Waals surface area contributed by atoms with Crippen LogP contribution in [0.25, 0.3) is 0 Å². The number of aromatic nitrogens is 2. The fraction of sp³-hybridized carbons (Fsp3) is 0.500. The van der Waals surface area contributed by atoms with Crippen molar-refractivity contribution >= 4 is 11.6 Å². The lowest BCUT2D eigenvalue weighted by Gasteiger charge is -2.29. The van der Waals surface area contributed by atoms with Crippen molar-refractivity contribution in [3.05, 3.63) is 47.8 Å². The van der Waals surface area contributed by atoms with Crippen molar-refractivity contribution in [2.75, 3.05) is 5.32 Å². The second kappa shape index (κ2) is 6.69. The summed E-state index contributed by atoms with van der Waals surface area (Å²) in [7, 11) is 0. The van der Waals surface area contributed by atoms with Crippen LogP contribution < -0.4 is 5.32 Å². The molecule has 122 valence electrons. The van der Waals surface area contributed by atoms with Crippen LogP contribution in [0.2, 0.25) is 0 Å². The van der Waals surface area contributed by atoms with E-state index in [1.54, 1.807) is 12.4 Å². The number of benzene rings is 1. The van der Waals surface area contributed by atoms with Gasteiger partial charge in [-0.05, 0) is 41.4 Å². The van der Waals surface area contributed by atoms with Crippen molar-refractivity contribution in [3.8, 4) is 0 Å². The molecule has 0 aliphatic heterocycles. The highest BCUT2D eigenvalue weighted by Gasteiger charge is 2.25. The molecule has 1 N–H and O–H groups in total. The molecule has 0 radical (unpaired) electrons. The molecule has 1 aromatic carbocycles. The minimum absolute atomic E-state index is 0.0851. The Hall–Kier alpha value is -1.90. The zero-order chi connectivity index (χ0) is 16.3. The zero-order valence-electron chi connectivity index (χ0n) is 14.5. The maximum absolute atomic E-state index is 4.36. The van der Waals surface area contributed by atoms with Gasteiger partial charge >= 0.3 is 0 Å². The molecule has 3 heteroatoms. The highest BCUT2D eigenvalue weighted by atomic mass is 15.1. The van der Waals surface area contributed by atoms with Gasteiger partial charge in [-0.25, -0.2) is 9.97 Å². The number of anilines is 2. The molecular weight excluding hydrogens is 282 g/mol. The largest absolute Gasteiger partial charge is 0.324 e. The summed E-state index contributed by atoms with van der Waals surface area (Å²) in [5.74, 6) is 1.33. The van der Waals surface area contributed by atoms with Crippen molar-refractivity contribution in [2.24, 2.45) is 0 Å². The minimum atomic E-state index is 0.0851. The van der Waals surface area contributed by atoms with E-state index in [0.29, 0.717) is 11.9 Å². The molecule has 3 nitrogen and oxygen atoms in total. The smallest absolute Gasteiger partial charge is 0.227 e. The molecule has 1 aliphatic carbocycles. The van der Waals surface area contributed by atoms with Gasteiger partial charge in [0.05, 0.1) is 0 Å². The first kappa shape index (κ1) is 16.0. The van der Waals surface area contributed by atoms with Crippen molar-refractivity contribution in [1.82, 2.24) is 9.97 Å². The SMILES string of the molecule is CC(C)(C)c1cccc(C2CCCCC2)c1Nc1ncccn1. The van der Waals surface area contributed by atoms with Crippen molar-refractivity contribution in [2.45, 2.75) is 64.2 Å². The molecule has 0 atom stereocenters. The van der Waals surface area contributed by atoms with Gasteiger partial charge in [0.2, 0.25) is 5.95 Å². The molecule has 0 unspecified atom stereocenters. The first-order valence-corrected chi connectivity index (χ1v) is 8.73. The van der Waals surface area contributed by atoms with Crippen molar-refractivity contribution in [3.63, 3.8) is 0 Å². The molecule has 1 aromatic heterocycles. The molecule has 0 spiro atoms. The number of hydrogen-bond acceptors (Lipinski definition) is 3. The van der Waals surface area contributed by atoms with E-state index in [9.17, 15) is 0 Å². The topological polar surface area (TPSA) is 37.8 Å². The Labute approximate surface area is 139 Å². The standard InChI is InChI=1S/C20H27N3/c1-20(2,3)17-12-7-11-16(15-9-5-4-6-10-15)18(17)23-19-21-13-8-14-22-19/h7-8,11-15H,4-6,9-10H2,1-3H3,(H,21,22,23). The number of nitrogens with one attached hydrogen (secondary N) is 1. The monoisotopic (exact) mass is 309 g/mol. The Morgan fingerprint density at radius 1 is 0.957 bits per heavy atom. The average molecular weight is 309 g/mol. The van der Waals surface area contributed by atoms with Crippen LogP contribution in [0.5, 0.6) is 0 Å². The second-order valence-electron chi connectivity index (χ2n) is 7.55. The maximum atomic E-state index is 4.36. The average Bonchev–Trinajstić information content (AvgIpc) is 2.56. The molecular formula is C20H27N3. The lowest BCUT2D eigenvalue weighted by Crippen LogP contribution is -2.17. The van der Waals surface area contributed by atoms with E-state index >= 15 is 0 Å². The van der Waals surface area contributed by atoms with Crippen LogP contribution in [-0.4, -0.2) is 9.97 Å². The summed E-state index contributed by atoms with van der Waals surface area (Å²) in [6.45, 7) is 6.80. The Morgan fingerprint density at radius 2 is 1.65 bits per heavy atom. The lowest BCUT2D eigenvalue weighted by molar-refractivity contribution is 0.443. The van der Waals surface area contributed by atoms with Crippen LogP contribution in [0.1, 0.15) is 69.9 Å². The summed E-state index contributed by atoms with van der Waals surface area (Å²) >= 11 is 0. The number of para-hydroxylation sites is 1. The van der Waals surface area contributed by atoms with Gasteiger partial charge in [-0.15, -0.1) is 0 Å². The third-order valence-corrected chi connectivity index (χ3v) is 4.75. The van der Waals surface area contributed by atoms with E-state index in [4.69, 9.17) is 0 Å². The summed E-state index contributed by atoms with van der Waals surface area (Å²) in [6.07, 6.45) is 10.2. The highest BCUT2D eigenvalue weighted by Crippen LogP contribution is 2.41. The van der Waals surface area contributed by atoms with Crippen LogP contribution in [-0.2, 0) is 5.41 Å². The molecule has 0 bridgehead atoms. The quantitative estimate of drug-likeness (QED) is 0.806. The van der Waals surface area contributed by atoms with Gasteiger partial charge in [0, 0.05) is 18.1 Å². The van der Waals surface area contributed by atoms with Crippen molar-refractivity contribution in [1.29, 1.82) is 0 Å². The molecule has 1 saturated carbocycles. The van der Waals surface area contributed by atoms with Crippen LogP contribution in [0.3, 0.4) is 0 Å². The zero-order valence-corrected chi connectivity index (χ0v) is 14.5. The van der Waals surface area contributed by atoms with Crippen LogP contribution in [0.15, 0.2) is 36.7 Å². The van der Waals surface area contributed by atoms with Crippen LogP contribution in [0, 0.1) is 0 Å². The Bertz CT molecular complexity index is 638. The maximum Gasteiger partial charge on any atom is 0.227 e. The Kier molecular flexibility index (Phi) is 4.65. The first-order chi connectivity index (χ1) is 11.1. The van der Waals surface area contributed by atoms with E-state index in [1.807, 2.05) is 6.07 Å². The summed E-state index contributed by atoms with van der Waals surface area (Å²) < 4.78 is 0. The third kappa shape index (κ3) is 3.72. The van der Waals surface area contributed by atoms with Crippen LogP contribution in [0.4, 0.5) is 11.6 Å². The van der Waals surface area contributed by atoms with Gasteiger partial charge in [-0.2, -0.15) is 0 Å². The van der Waals surface area contributed by atoms with Gasteiger partial charge in [0.25, 0.3) is 0 Å². The van der Waals surface area contributed by atoms with Gasteiger partial charge in [-0.3, -0.25) is 0 Å². The predicted octanol–water partition coefficient (Wildman–Crippen LogP) is 5.57. The molecule has 1 aliphatic rings. The summed E-state index contributed by atoms with van der Waals surface area (Å²) in [6, 6.07) is 8.58. The normalized spacial score (nSPS) is 16.3. The fourth-order valence-corrected chi connectivity index (χ4v) is 3.56. The van der Waals surface area contributed by atoms with Crippen molar-refractivity contribution < 1.29 is 0 Å². The van der Waals surface area contributed by atoms with E-state index < -0.39 is 0 Å². The van der Waals surface area contributed by atoms with Gasteiger partial charge in [-0.1, -0.05) is 58.2 Å². The minimum Gasteiger partial charge on any atom is -0.324 e. The van der Waals surface area contributed by atoms with Gasteiger partial charge in [0.15, 0.2) is 0 Å². The Morgan fingerprint density at radius 3 is 2.30 bits per heavy atom. The van der Waals surface area contributed by atoms with Gasteiger partial charge in [0.1, 0.15) is 0 Å². The second-order valence-corrected chi connectivity index (χ2v) is 7.55. The van der Waals surface area contributed by atoms with E-state index in [2.05, 4.69) is 54.3 Å². The first-order valence-electron chi connectivity index (χ1n) is 8.73. The van der Waals surface area contributed by atoms with E-state index in [0.717, 1.165) is 0 Å². The molecule has 1 heterocycles. The van der Waals surface area contributed by atoms with Crippen LogP contribution >= 0.6 is 0 Å². The summed E-state index contributed by atoms with van der Waals surface area (Å²) in [4.78, 5) is 8.72. The van der Waals surface area contributed by atoms with E-state index in [1.165, 1.54) is 48.9 Å². The highest BCUT2D eigenvalue weighted by molar-refractivity contribution is 5.66. The summed E-state index contributed by atoms with van der Waals surface area (Å²) in [5.41, 5.74) is 4.08. The van der Waals surface area contributed by atoms with E-state index in [-0.39, 0.29) is 5.41 Å². The number of nitrogens with zero attached hydrogens (tertiary/aromatic N) is 2. The fourth-order valence-electron chi connectivity index (χ4n) is 3.56. The molecule has 0 amide bonds. The molecule has 2 aromatic rings. The number of rotatable bonds is 3. The molecule has 1 fully saturated rings. The Balaban J connectivity index is 2.04. The van der Waals surface area contributed by atoms with Gasteiger partial charge < -0.3 is 5.32 Å². The predicted molar refractivity (Wildman–Crippen MR) is 96.3 cm³/mol. The molecule has 3 rings (SSSR count). The third-order valence-electron chi connectivity index (χ3n) is 4.75. The molecule has 23 heavy (non-hydrogen) atoms. The summed E-state index contributed by atoms with van der Waals surface area (Å²) in [5, 5.41) is 3.52. The number of hydrogen-bond donors (Lipinski definition) is 1.